The van der Waals surface area contributed by atoms with E-state index in [2.05, 4.69) is 127 Å². The van der Waals surface area contributed by atoms with E-state index in [-0.39, 0.29) is 0 Å². The van der Waals surface area contributed by atoms with Gasteiger partial charge >= 0.3 is 0 Å². The van der Waals surface area contributed by atoms with Crippen molar-refractivity contribution in [1.29, 1.82) is 0 Å². The van der Waals surface area contributed by atoms with Crippen LogP contribution in [0.25, 0.3) is 75.2 Å². The molecular weight excluding hydrogens is 659 g/mol. The maximum absolute atomic E-state index is 7.04. The fourth-order valence-corrected chi connectivity index (χ4v) is 9.15. The van der Waals surface area contributed by atoms with Crippen LogP contribution in [0.15, 0.2) is 170 Å². The number of furan rings is 2. The Morgan fingerprint density at radius 2 is 1.13 bits per heavy atom. The van der Waals surface area contributed by atoms with Gasteiger partial charge in [0, 0.05) is 71.0 Å². The zero-order valence-electron chi connectivity index (χ0n) is 28.1. The van der Waals surface area contributed by atoms with E-state index in [1.807, 2.05) is 47.7 Å². The van der Waals surface area contributed by atoms with Gasteiger partial charge in [0.05, 0.1) is 5.56 Å². The van der Waals surface area contributed by atoms with Crippen molar-refractivity contribution in [3.63, 3.8) is 0 Å². The fraction of sp³-hybridized carbons (Fsp3) is 0.0435. The number of rotatable bonds is 4. The van der Waals surface area contributed by atoms with Gasteiger partial charge in [-0.05, 0) is 18.2 Å². The van der Waals surface area contributed by atoms with Gasteiger partial charge in [-0.25, -0.2) is 9.98 Å². The van der Waals surface area contributed by atoms with Crippen LogP contribution in [0.5, 0.6) is 0 Å². The SMILES string of the molecule is CN1C(c2cccc3c2oc2ccccc23)=NC(c2ccccc2)=NC1c1cccc2c1oc1c(-c3cccc4c3sc3ccccc34)cccc12. The summed E-state index contributed by atoms with van der Waals surface area (Å²) >= 11 is 1.84. The first-order valence-corrected chi connectivity index (χ1v) is 18.2. The first-order chi connectivity index (χ1) is 25.7. The molecule has 0 N–H and O–H groups in total. The zero-order chi connectivity index (χ0) is 34.3. The molecule has 1 aliphatic heterocycles. The summed E-state index contributed by atoms with van der Waals surface area (Å²) in [6.07, 6.45) is -0.416. The first-order valence-electron chi connectivity index (χ1n) is 17.4. The summed E-state index contributed by atoms with van der Waals surface area (Å²) in [6.45, 7) is 0. The van der Waals surface area contributed by atoms with Crippen LogP contribution in [0.3, 0.4) is 0 Å². The Balaban J connectivity index is 1.12. The van der Waals surface area contributed by atoms with Crippen LogP contribution in [0.4, 0.5) is 0 Å². The number of nitrogens with zero attached hydrogens (tertiary/aromatic N) is 3. The third kappa shape index (κ3) is 4.28. The van der Waals surface area contributed by atoms with Crippen molar-refractivity contribution in [3.05, 3.63) is 168 Å². The van der Waals surface area contributed by atoms with Crippen molar-refractivity contribution in [1.82, 2.24) is 4.90 Å². The highest BCUT2D eigenvalue weighted by molar-refractivity contribution is 7.26. The smallest absolute Gasteiger partial charge is 0.159 e. The summed E-state index contributed by atoms with van der Waals surface area (Å²) in [5.74, 6) is 1.45. The van der Waals surface area contributed by atoms with Crippen molar-refractivity contribution >= 4 is 87.1 Å². The summed E-state index contributed by atoms with van der Waals surface area (Å²) in [7, 11) is 2.06. The van der Waals surface area contributed by atoms with Crippen molar-refractivity contribution in [2.45, 2.75) is 6.17 Å². The Morgan fingerprint density at radius 3 is 1.98 bits per heavy atom. The molecule has 0 bridgehead atoms. The molecule has 6 heteroatoms. The maximum Gasteiger partial charge on any atom is 0.159 e. The predicted molar refractivity (Wildman–Crippen MR) is 216 cm³/mol. The van der Waals surface area contributed by atoms with Gasteiger partial charge in [-0.1, -0.05) is 133 Å². The van der Waals surface area contributed by atoms with Crippen LogP contribution < -0.4 is 0 Å². The highest BCUT2D eigenvalue weighted by atomic mass is 32.1. The molecule has 0 spiro atoms. The molecule has 1 unspecified atom stereocenters. The molecule has 3 aromatic heterocycles. The Kier molecular flexibility index (Phi) is 6.33. The lowest BCUT2D eigenvalue weighted by Crippen LogP contribution is -2.35. The quantitative estimate of drug-likeness (QED) is 0.185. The van der Waals surface area contributed by atoms with E-state index in [4.69, 9.17) is 18.8 Å². The van der Waals surface area contributed by atoms with E-state index in [1.165, 1.54) is 25.7 Å². The van der Waals surface area contributed by atoms with E-state index in [9.17, 15) is 0 Å². The Hall–Kier alpha value is -6.50. The minimum Gasteiger partial charge on any atom is -0.455 e. The van der Waals surface area contributed by atoms with Crippen molar-refractivity contribution in [3.8, 4) is 11.1 Å². The van der Waals surface area contributed by atoms with Gasteiger partial charge in [-0.15, -0.1) is 11.3 Å². The highest BCUT2D eigenvalue weighted by Crippen LogP contribution is 2.45. The average molecular weight is 688 g/mol. The average Bonchev–Trinajstić information content (AvgIpc) is 3.90. The fourth-order valence-electron chi connectivity index (χ4n) is 7.92. The second-order valence-corrected chi connectivity index (χ2v) is 14.4. The lowest BCUT2D eigenvalue weighted by molar-refractivity contribution is 0.382. The summed E-state index contributed by atoms with van der Waals surface area (Å²) in [5, 5.41) is 6.84. The van der Waals surface area contributed by atoms with Crippen LogP contribution in [0.2, 0.25) is 0 Å². The third-order valence-corrected chi connectivity index (χ3v) is 11.6. The molecule has 0 amide bonds. The maximum atomic E-state index is 7.04. The lowest BCUT2D eigenvalue weighted by Gasteiger charge is -2.32. The van der Waals surface area contributed by atoms with Crippen LogP contribution in [0, 0.1) is 0 Å². The molecule has 5 nitrogen and oxygen atoms in total. The molecule has 10 aromatic rings. The highest BCUT2D eigenvalue weighted by Gasteiger charge is 2.31. The molecule has 0 aliphatic carbocycles. The topological polar surface area (TPSA) is 54.2 Å². The number of hydrogen-bond donors (Lipinski definition) is 0. The van der Waals surface area contributed by atoms with E-state index in [0.29, 0.717) is 5.84 Å². The van der Waals surface area contributed by atoms with Gasteiger partial charge < -0.3 is 13.7 Å². The van der Waals surface area contributed by atoms with Gasteiger partial charge in [0.15, 0.2) is 12.0 Å². The summed E-state index contributed by atoms with van der Waals surface area (Å²) in [5.41, 5.74) is 8.46. The van der Waals surface area contributed by atoms with Gasteiger partial charge in [0.1, 0.15) is 28.2 Å². The van der Waals surface area contributed by atoms with Gasteiger partial charge in [0.25, 0.3) is 0 Å². The Bertz CT molecular complexity index is 3110. The number of aliphatic imine (C=N–C) groups is 2. The van der Waals surface area contributed by atoms with E-state index in [0.717, 1.165) is 72.0 Å². The number of amidine groups is 2. The van der Waals surface area contributed by atoms with Crippen molar-refractivity contribution < 1.29 is 8.83 Å². The molecule has 246 valence electrons. The summed E-state index contributed by atoms with van der Waals surface area (Å²) in [6, 6.07) is 52.8. The van der Waals surface area contributed by atoms with E-state index in [1.54, 1.807) is 0 Å². The Morgan fingerprint density at radius 1 is 0.519 bits per heavy atom. The normalized spacial score (nSPS) is 15.0. The van der Waals surface area contributed by atoms with Gasteiger partial charge in [0.2, 0.25) is 0 Å². The third-order valence-electron chi connectivity index (χ3n) is 10.4. The van der Waals surface area contributed by atoms with Gasteiger partial charge in [-0.3, -0.25) is 0 Å². The molecule has 0 radical (unpaired) electrons. The second kappa shape index (κ2) is 11.3. The molecule has 0 saturated heterocycles. The van der Waals surface area contributed by atoms with Crippen molar-refractivity contribution in [2.24, 2.45) is 9.98 Å². The number of benzene rings is 7. The summed E-state index contributed by atoms with van der Waals surface area (Å²) in [4.78, 5) is 12.7. The minimum atomic E-state index is -0.416. The van der Waals surface area contributed by atoms with Crippen LogP contribution >= 0.6 is 11.3 Å². The van der Waals surface area contributed by atoms with Crippen LogP contribution in [-0.4, -0.2) is 23.6 Å². The second-order valence-electron chi connectivity index (χ2n) is 13.3. The monoisotopic (exact) mass is 687 g/mol. The molecule has 1 atom stereocenters. The number of hydrogen-bond acceptors (Lipinski definition) is 6. The number of fused-ring (bicyclic) bond motifs is 9. The van der Waals surface area contributed by atoms with E-state index < -0.39 is 6.17 Å². The zero-order valence-corrected chi connectivity index (χ0v) is 28.9. The molecule has 4 heterocycles. The largest absolute Gasteiger partial charge is 0.455 e. The van der Waals surface area contributed by atoms with Crippen LogP contribution in [0.1, 0.15) is 22.9 Å². The van der Waals surface area contributed by atoms with Crippen LogP contribution in [-0.2, 0) is 0 Å². The molecule has 11 rings (SSSR count). The predicted octanol–water partition coefficient (Wildman–Crippen LogP) is 12.4. The lowest BCUT2D eigenvalue weighted by atomic mass is 9.99. The molecular formula is C46H29N3O2S. The Labute approximate surface area is 302 Å². The van der Waals surface area contributed by atoms with E-state index >= 15 is 0 Å². The minimum absolute atomic E-state index is 0.416. The number of para-hydroxylation sites is 4. The van der Waals surface area contributed by atoms with Crippen molar-refractivity contribution in [2.75, 3.05) is 7.05 Å². The molecule has 1 aliphatic rings. The molecule has 0 saturated carbocycles. The molecule has 52 heavy (non-hydrogen) atoms. The molecule has 0 fully saturated rings. The standard InChI is InChI=1S/C46H29N3O2S/c1-49-45(36-23-10-17-30-28-15-5-7-25-38(28)50-41(30)36)47-44(27-13-3-2-4-14-27)48-46(49)37-24-11-19-32-31-18-9-20-33(40(31)51-42(32)37)35-22-12-21-34-29-16-6-8-26-39(29)52-43(34)35/h2-26,46H,1H3. The summed E-state index contributed by atoms with van der Waals surface area (Å²) < 4.78 is 16.1. The molecule has 7 aromatic carbocycles. The number of thiophene rings is 1. The van der Waals surface area contributed by atoms with Gasteiger partial charge in [-0.2, -0.15) is 0 Å². The first kappa shape index (κ1) is 29.3.